The van der Waals surface area contributed by atoms with Gasteiger partial charge in [0.25, 0.3) is 0 Å². The average Bonchev–Trinajstić information content (AvgIpc) is 1.99. The van der Waals surface area contributed by atoms with E-state index in [2.05, 4.69) is 0 Å². The minimum absolute atomic E-state index is 0.135. The Morgan fingerprint density at radius 3 is 2.07 bits per heavy atom. The van der Waals surface area contributed by atoms with E-state index in [1.807, 2.05) is 34.6 Å². The molecule has 86 valence electrons. The molecule has 0 aliphatic rings. The van der Waals surface area contributed by atoms with E-state index in [1.165, 1.54) is 0 Å². The van der Waals surface area contributed by atoms with Crippen molar-refractivity contribution in [3.05, 3.63) is 0 Å². The SMILES string of the molecule is CCP(=O)(OOC(C)(C)C)OC(C)C. The monoisotopic (exact) mass is 224 g/mol. The molecule has 0 aliphatic heterocycles. The molecule has 0 N–H and O–H groups in total. The van der Waals surface area contributed by atoms with E-state index in [0.29, 0.717) is 6.16 Å². The van der Waals surface area contributed by atoms with Gasteiger partial charge in [0.1, 0.15) is 0 Å². The highest BCUT2D eigenvalue weighted by Gasteiger charge is 2.27. The van der Waals surface area contributed by atoms with Gasteiger partial charge < -0.3 is 4.52 Å². The van der Waals surface area contributed by atoms with Gasteiger partial charge in [-0.2, -0.15) is 0 Å². The van der Waals surface area contributed by atoms with Crippen molar-refractivity contribution in [2.75, 3.05) is 6.16 Å². The fourth-order valence-electron chi connectivity index (χ4n) is 0.635. The molecule has 5 heteroatoms. The van der Waals surface area contributed by atoms with Crippen LogP contribution in [0.25, 0.3) is 0 Å². The second kappa shape index (κ2) is 5.26. The largest absolute Gasteiger partial charge is 0.358 e. The summed E-state index contributed by atoms with van der Waals surface area (Å²) in [7, 11) is -3.08. The number of hydrogen-bond acceptors (Lipinski definition) is 4. The van der Waals surface area contributed by atoms with Gasteiger partial charge in [-0.25, -0.2) is 4.89 Å². The smallest absolute Gasteiger partial charge is 0.304 e. The molecule has 0 saturated heterocycles. The van der Waals surface area contributed by atoms with E-state index in [0.717, 1.165) is 0 Å². The minimum atomic E-state index is -3.08. The van der Waals surface area contributed by atoms with Crippen LogP contribution in [0, 0.1) is 0 Å². The Hall–Kier alpha value is 0.110. The molecule has 0 saturated carbocycles. The van der Waals surface area contributed by atoms with Crippen LogP contribution in [-0.4, -0.2) is 17.9 Å². The molecule has 14 heavy (non-hydrogen) atoms. The molecular formula is C9H21O4P. The Balaban J connectivity index is 4.20. The summed E-state index contributed by atoms with van der Waals surface area (Å²) in [5.74, 6) is 0. The lowest BCUT2D eigenvalue weighted by atomic mass is 10.2. The molecule has 0 spiro atoms. The van der Waals surface area contributed by atoms with Crippen LogP contribution in [-0.2, 0) is 18.7 Å². The summed E-state index contributed by atoms with van der Waals surface area (Å²) in [6.07, 6.45) is 0.172. The number of rotatable bonds is 5. The predicted octanol–water partition coefficient (Wildman–Crippen LogP) is 3.37. The zero-order valence-electron chi connectivity index (χ0n) is 9.86. The summed E-state index contributed by atoms with van der Waals surface area (Å²) in [5, 5.41) is 0. The first kappa shape index (κ1) is 14.1. The van der Waals surface area contributed by atoms with Gasteiger partial charge >= 0.3 is 7.60 Å². The third-order valence-electron chi connectivity index (χ3n) is 1.16. The molecule has 0 aliphatic carbocycles. The van der Waals surface area contributed by atoms with Crippen LogP contribution in [0.3, 0.4) is 0 Å². The second-order valence-electron chi connectivity index (χ2n) is 4.35. The Bertz CT molecular complexity index is 207. The van der Waals surface area contributed by atoms with Crippen LogP contribution < -0.4 is 0 Å². The van der Waals surface area contributed by atoms with Crippen molar-refractivity contribution in [1.82, 2.24) is 0 Å². The molecule has 0 aromatic carbocycles. The minimum Gasteiger partial charge on any atom is -0.304 e. The molecule has 0 amide bonds. The Labute approximate surface area is 86.4 Å². The maximum atomic E-state index is 11.9. The van der Waals surface area contributed by atoms with E-state index < -0.39 is 13.2 Å². The van der Waals surface area contributed by atoms with Crippen LogP contribution in [0.5, 0.6) is 0 Å². The predicted molar refractivity (Wildman–Crippen MR) is 56.3 cm³/mol. The van der Waals surface area contributed by atoms with Crippen molar-refractivity contribution >= 4 is 7.60 Å². The molecule has 1 unspecified atom stereocenters. The van der Waals surface area contributed by atoms with Crippen molar-refractivity contribution < 1.29 is 18.7 Å². The summed E-state index contributed by atoms with van der Waals surface area (Å²) in [6, 6.07) is 0. The van der Waals surface area contributed by atoms with E-state index in [1.54, 1.807) is 6.92 Å². The highest BCUT2D eigenvalue weighted by atomic mass is 31.2. The first-order chi connectivity index (χ1) is 6.18. The first-order valence-electron chi connectivity index (χ1n) is 4.83. The van der Waals surface area contributed by atoms with E-state index in [-0.39, 0.29) is 6.10 Å². The highest BCUT2D eigenvalue weighted by Crippen LogP contribution is 2.49. The summed E-state index contributed by atoms with van der Waals surface area (Å²) in [6.45, 7) is 10.8. The molecule has 0 aromatic heterocycles. The van der Waals surface area contributed by atoms with E-state index in [9.17, 15) is 4.57 Å². The molecule has 0 aromatic rings. The maximum absolute atomic E-state index is 11.9. The van der Waals surface area contributed by atoms with Gasteiger partial charge in [-0.15, -0.1) is 4.67 Å². The fraction of sp³-hybridized carbons (Fsp3) is 1.00. The van der Waals surface area contributed by atoms with Crippen molar-refractivity contribution in [3.63, 3.8) is 0 Å². The van der Waals surface area contributed by atoms with Crippen LogP contribution in [0.1, 0.15) is 41.5 Å². The van der Waals surface area contributed by atoms with Crippen LogP contribution in [0.2, 0.25) is 0 Å². The molecule has 0 radical (unpaired) electrons. The molecule has 0 rings (SSSR count). The number of hydrogen-bond donors (Lipinski definition) is 0. The van der Waals surface area contributed by atoms with Crippen LogP contribution in [0.4, 0.5) is 0 Å². The Morgan fingerprint density at radius 1 is 1.29 bits per heavy atom. The van der Waals surface area contributed by atoms with Gasteiger partial charge in [0.15, 0.2) is 0 Å². The van der Waals surface area contributed by atoms with Gasteiger partial charge in [-0.1, -0.05) is 6.92 Å². The lowest BCUT2D eigenvalue weighted by Crippen LogP contribution is -2.19. The standard InChI is InChI=1S/C9H21O4P/c1-7-14(10,11-8(2)3)13-12-9(4,5)6/h8H,7H2,1-6H3. The van der Waals surface area contributed by atoms with Crippen molar-refractivity contribution in [3.8, 4) is 0 Å². The first-order valence-corrected chi connectivity index (χ1v) is 6.56. The lowest BCUT2D eigenvalue weighted by Gasteiger charge is -2.23. The molecule has 0 heterocycles. The maximum Gasteiger partial charge on any atom is 0.358 e. The topological polar surface area (TPSA) is 44.8 Å². The third-order valence-corrected chi connectivity index (χ3v) is 2.98. The van der Waals surface area contributed by atoms with Gasteiger partial charge in [0, 0.05) is 6.16 Å². The van der Waals surface area contributed by atoms with Crippen molar-refractivity contribution in [2.24, 2.45) is 0 Å². The van der Waals surface area contributed by atoms with Crippen molar-refractivity contribution in [1.29, 1.82) is 0 Å². The fourth-order valence-corrected chi connectivity index (χ4v) is 1.90. The zero-order valence-corrected chi connectivity index (χ0v) is 10.8. The second-order valence-corrected chi connectivity index (χ2v) is 6.57. The zero-order chi connectivity index (χ0) is 11.4. The van der Waals surface area contributed by atoms with Crippen LogP contribution >= 0.6 is 7.60 Å². The summed E-state index contributed by atoms with van der Waals surface area (Å²) < 4.78 is 21.9. The van der Waals surface area contributed by atoms with Gasteiger partial charge in [-0.3, -0.25) is 4.57 Å². The Morgan fingerprint density at radius 2 is 1.79 bits per heavy atom. The third kappa shape index (κ3) is 6.55. The van der Waals surface area contributed by atoms with Gasteiger partial charge in [-0.05, 0) is 34.6 Å². The summed E-state index contributed by atoms with van der Waals surface area (Å²) in [4.78, 5) is 5.00. The molecule has 0 fully saturated rings. The molecule has 1 atom stereocenters. The molecular weight excluding hydrogens is 203 g/mol. The van der Waals surface area contributed by atoms with Crippen LogP contribution in [0.15, 0.2) is 0 Å². The van der Waals surface area contributed by atoms with E-state index >= 15 is 0 Å². The van der Waals surface area contributed by atoms with E-state index in [4.69, 9.17) is 14.1 Å². The highest BCUT2D eigenvalue weighted by molar-refractivity contribution is 7.53. The summed E-state index contributed by atoms with van der Waals surface area (Å²) >= 11 is 0. The lowest BCUT2D eigenvalue weighted by molar-refractivity contribution is -0.281. The normalized spacial score (nSPS) is 17.1. The Kier molecular flexibility index (Phi) is 5.31. The molecule has 0 bridgehead atoms. The summed E-state index contributed by atoms with van der Waals surface area (Å²) in [5.41, 5.74) is -0.481. The van der Waals surface area contributed by atoms with Gasteiger partial charge in [0.2, 0.25) is 0 Å². The average molecular weight is 224 g/mol. The quantitative estimate of drug-likeness (QED) is 0.408. The molecule has 4 nitrogen and oxygen atoms in total. The van der Waals surface area contributed by atoms with Gasteiger partial charge in [0.05, 0.1) is 11.7 Å². The van der Waals surface area contributed by atoms with Crippen molar-refractivity contribution in [2.45, 2.75) is 53.2 Å².